The Morgan fingerprint density at radius 3 is 2.54 bits per heavy atom. The minimum Gasteiger partial charge on any atom is -0.123 e. The SMILES string of the molecule is CCCCCCCC[C@H]1CC[C@H]2[C@@H]3CC=C4C[C@@H](Cl)CC[C@]4(C)[C@H]3CC[C@]12C. The van der Waals surface area contributed by atoms with Crippen LogP contribution in [0.15, 0.2) is 11.6 Å². The molecule has 0 aromatic carbocycles. The number of allylic oxidation sites excluding steroid dienone is 2. The predicted molar refractivity (Wildman–Crippen MR) is 123 cm³/mol. The maximum absolute atomic E-state index is 6.55. The van der Waals surface area contributed by atoms with Gasteiger partial charge in [-0.3, -0.25) is 0 Å². The van der Waals surface area contributed by atoms with E-state index in [0.29, 0.717) is 16.2 Å². The van der Waals surface area contributed by atoms with Crippen LogP contribution >= 0.6 is 11.6 Å². The minimum atomic E-state index is 0.401. The molecule has 0 N–H and O–H groups in total. The van der Waals surface area contributed by atoms with Crippen molar-refractivity contribution in [3.8, 4) is 0 Å². The second-order valence-electron chi connectivity index (χ2n) is 11.5. The molecule has 0 amide bonds. The molecule has 0 unspecified atom stereocenters. The van der Waals surface area contributed by atoms with Crippen LogP contribution in [0.3, 0.4) is 0 Å². The Kier molecular flexibility index (Phi) is 6.57. The van der Waals surface area contributed by atoms with Gasteiger partial charge in [-0.05, 0) is 92.3 Å². The smallest absolute Gasteiger partial charge is 0.0373 e. The molecule has 7 atom stereocenters. The number of rotatable bonds is 7. The fourth-order valence-electron chi connectivity index (χ4n) is 8.37. The van der Waals surface area contributed by atoms with Gasteiger partial charge in [-0.2, -0.15) is 0 Å². The Labute approximate surface area is 180 Å². The number of fused-ring (bicyclic) bond motifs is 5. The monoisotopic (exact) mass is 404 g/mol. The molecule has 0 saturated heterocycles. The number of hydrogen-bond donors (Lipinski definition) is 0. The first kappa shape index (κ1) is 21.3. The molecule has 4 aliphatic carbocycles. The van der Waals surface area contributed by atoms with Crippen molar-refractivity contribution in [2.24, 2.45) is 34.5 Å². The highest BCUT2D eigenvalue weighted by molar-refractivity contribution is 6.20. The third kappa shape index (κ3) is 3.74. The molecule has 0 aromatic heterocycles. The van der Waals surface area contributed by atoms with Gasteiger partial charge < -0.3 is 0 Å². The van der Waals surface area contributed by atoms with Crippen molar-refractivity contribution < 1.29 is 0 Å². The average Bonchev–Trinajstić information content (AvgIpc) is 3.01. The molecule has 4 rings (SSSR count). The molecule has 1 heteroatoms. The summed E-state index contributed by atoms with van der Waals surface area (Å²) in [6.45, 7) is 7.64. The van der Waals surface area contributed by atoms with Crippen LogP contribution in [0.1, 0.15) is 117 Å². The Morgan fingerprint density at radius 1 is 0.929 bits per heavy atom. The van der Waals surface area contributed by atoms with Gasteiger partial charge in [0.05, 0.1) is 0 Å². The van der Waals surface area contributed by atoms with Crippen LogP contribution in [0.25, 0.3) is 0 Å². The summed E-state index contributed by atoms with van der Waals surface area (Å²) in [5.74, 6) is 3.93. The van der Waals surface area contributed by atoms with E-state index in [1.807, 2.05) is 0 Å². The van der Waals surface area contributed by atoms with E-state index in [9.17, 15) is 0 Å². The topological polar surface area (TPSA) is 0 Å². The molecule has 4 aliphatic rings. The van der Waals surface area contributed by atoms with E-state index in [1.165, 1.54) is 96.3 Å². The lowest BCUT2D eigenvalue weighted by Crippen LogP contribution is -2.50. The van der Waals surface area contributed by atoms with Crippen LogP contribution < -0.4 is 0 Å². The second kappa shape index (κ2) is 8.64. The molecule has 160 valence electrons. The molecule has 3 saturated carbocycles. The highest BCUT2D eigenvalue weighted by atomic mass is 35.5. The van der Waals surface area contributed by atoms with Crippen molar-refractivity contribution in [2.45, 2.75) is 122 Å². The van der Waals surface area contributed by atoms with E-state index in [4.69, 9.17) is 11.6 Å². The van der Waals surface area contributed by atoms with Crippen LogP contribution in [0.2, 0.25) is 0 Å². The fraction of sp³-hybridized carbons (Fsp3) is 0.926. The van der Waals surface area contributed by atoms with E-state index < -0.39 is 0 Å². The summed E-state index contributed by atoms with van der Waals surface area (Å²) in [4.78, 5) is 0. The van der Waals surface area contributed by atoms with Crippen molar-refractivity contribution in [3.05, 3.63) is 11.6 Å². The molecule has 0 radical (unpaired) electrons. The molecular formula is C27H45Cl. The minimum absolute atomic E-state index is 0.401. The normalized spacial score (nSPS) is 45.1. The number of unbranched alkanes of at least 4 members (excludes halogenated alkanes) is 5. The lowest BCUT2D eigenvalue weighted by Gasteiger charge is -2.58. The summed E-state index contributed by atoms with van der Waals surface area (Å²) in [6.07, 6.45) is 24.1. The van der Waals surface area contributed by atoms with E-state index in [1.54, 1.807) is 5.57 Å². The largest absolute Gasteiger partial charge is 0.123 e. The summed E-state index contributed by atoms with van der Waals surface area (Å²) < 4.78 is 0. The summed E-state index contributed by atoms with van der Waals surface area (Å²) in [5.41, 5.74) is 2.87. The highest BCUT2D eigenvalue weighted by Crippen LogP contribution is 2.66. The van der Waals surface area contributed by atoms with E-state index in [0.717, 1.165) is 23.7 Å². The molecule has 0 bridgehead atoms. The van der Waals surface area contributed by atoms with Gasteiger partial charge in [0.25, 0.3) is 0 Å². The van der Waals surface area contributed by atoms with Crippen molar-refractivity contribution in [1.82, 2.24) is 0 Å². The fourth-order valence-corrected chi connectivity index (χ4v) is 8.65. The maximum atomic E-state index is 6.55. The standard InChI is InChI=1S/C27H45Cl/c1-4-5-6-7-8-9-10-20-12-14-24-23-13-11-21-19-22(28)15-17-27(21,3)25(23)16-18-26(20,24)2/h11,20,22-25H,4-10,12-19H2,1-3H3/t20-,22-,23-,24-,25-,26+,27-/m0/s1. The van der Waals surface area contributed by atoms with Gasteiger partial charge in [-0.15, -0.1) is 11.6 Å². The van der Waals surface area contributed by atoms with E-state index >= 15 is 0 Å². The molecule has 3 fully saturated rings. The zero-order chi connectivity index (χ0) is 19.8. The lowest BCUT2D eigenvalue weighted by molar-refractivity contribution is -0.0423. The molecule has 0 nitrogen and oxygen atoms in total. The van der Waals surface area contributed by atoms with Crippen molar-refractivity contribution >= 4 is 11.6 Å². The average molecular weight is 405 g/mol. The third-order valence-electron chi connectivity index (χ3n) is 10.1. The van der Waals surface area contributed by atoms with E-state index in [-0.39, 0.29) is 0 Å². The molecule has 0 heterocycles. The first-order chi connectivity index (χ1) is 13.5. The van der Waals surface area contributed by atoms with Gasteiger partial charge in [0, 0.05) is 5.38 Å². The third-order valence-corrected chi connectivity index (χ3v) is 10.5. The van der Waals surface area contributed by atoms with Crippen LogP contribution in [-0.4, -0.2) is 5.38 Å². The van der Waals surface area contributed by atoms with Gasteiger partial charge >= 0.3 is 0 Å². The van der Waals surface area contributed by atoms with Gasteiger partial charge in [0.2, 0.25) is 0 Å². The first-order valence-electron chi connectivity index (χ1n) is 12.8. The lowest BCUT2D eigenvalue weighted by atomic mass is 9.47. The number of halogens is 1. The zero-order valence-corrected chi connectivity index (χ0v) is 19.7. The molecule has 0 aromatic rings. The van der Waals surface area contributed by atoms with Gasteiger partial charge in [-0.25, -0.2) is 0 Å². The number of hydrogen-bond acceptors (Lipinski definition) is 0. The van der Waals surface area contributed by atoms with Crippen LogP contribution in [0.5, 0.6) is 0 Å². The van der Waals surface area contributed by atoms with Crippen molar-refractivity contribution in [3.63, 3.8) is 0 Å². The maximum Gasteiger partial charge on any atom is 0.0373 e. The molecule has 0 spiro atoms. The Hall–Kier alpha value is 0.0300. The summed E-state index contributed by atoms with van der Waals surface area (Å²) in [5, 5.41) is 0.401. The summed E-state index contributed by atoms with van der Waals surface area (Å²) in [7, 11) is 0. The highest BCUT2D eigenvalue weighted by Gasteiger charge is 2.58. The number of alkyl halides is 1. The van der Waals surface area contributed by atoms with Gasteiger partial charge in [0.15, 0.2) is 0 Å². The predicted octanol–water partition coefficient (Wildman–Crippen LogP) is 8.92. The van der Waals surface area contributed by atoms with E-state index in [2.05, 4.69) is 26.8 Å². The van der Waals surface area contributed by atoms with Crippen LogP contribution in [0, 0.1) is 34.5 Å². The summed E-state index contributed by atoms with van der Waals surface area (Å²) in [6, 6.07) is 0. The Balaban J connectivity index is 1.39. The van der Waals surface area contributed by atoms with Crippen LogP contribution in [-0.2, 0) is 0 Å². The van der Waals surface area contributed by atoms with Gasteiger partial charge in [0.1, 0.15) is 0 Å². The van der Waals surface area contributed by atoms with Crippen molar-refractivity contribution in [1.29, 1.82) is 0 Å². The van der Waals surface area contributed by atoms with Gasteiger partial charge in [-0.1, -0.05) is 70.9 Å². The quantitative estimate of drug-likeness (QED) is 0.225. The van der Waals surface area contributed by atoms with Crippen LogP contribution in [0.4, 0.5) is 0 Å². The second-order valence-corrected chi connectivity index (χ2v) is 12.1. The Morgan fingerprint density at radius 2 is 1.71 bits per heavy atom. The Bertz CT molecular complexity index is 565. The molecule has 0 aliphatic heterocycles. The summed E-state index contributed by atoms with van der Waals surface area (Å²) >= 11 is 6.55. The zero-order valence-electron chi connectivity index (χ0n) is 18.9. The first-order valence-corrected chi connectivity index (χ1v) is 13.3. The van der Waals surface area contributed by atoms with Crippen molar-refractivity contribution in [2.75, 3.05) is 0 Å². The molecular weight excluding hydrogens is 360 g/mol. The molecule has 28 heavy (non-hydrogen) atoms.